The molecule has 0 atom stereocenters. The van der Waals surface area contributed by atoms with E-state index in [4.69, 9.17) is 10.5 Å². The van der Waals surface area contributed by atoms with Crippen molar-refractivity contribution in [2.75, 3.05) is 18.1 Å². The van der Waals surface area contributed by atoms with E-state index in [-0.39, 0.29) is 5.75 Å². The van der Waals surface area contributed by atoms with Crippen LogP contribution in [0, 0.1) is 5.92 Å². The zero-order valence-electron chi connectivity index (χ0n) is 12.5. The Balaban J connectivity index is 1.68. The molecule has 1 aliphatic carbocycles. The molecule has 0 amide bonds. The van der Waals surface area contributed by atoms with Gasteiger partial charge in [-0.15, -0.1) is 0 Å². The fourth-order valence-corrected chi connectivity index (χ4v) is 4.59. The van der Waals surface area contributed by atoms with Crippen molar-refractivity contribution in [3.63, 3.8) is 0 Å². The van der Waals surface area contributed by atoms with Crippen LogP contribution in [-0.4, -0.2) is 26.5 Å². The van der Waals surface area contributed by atoms with Crippen LogP contribution in [-0.2, 0) is 16.4 Å². The Morgan fingerprint density at radius 3 is 2.43 bits per heavy atom. The molecular formula is C16H25NO3S. The molecule has 4 nitrogen and oxygen atoms in total. The Bertz CT molecular complexity index is 519. The molecule has 118 valence electrons. The zero-order chi connectivity index (χ0) is 15.1. The molecule has 0 unspecified atom stereocenters. The lowest BCUT2D eigenvalue weighted by Crippen LogP contribution is -2.18. The normalized spacial score (nSPS) is 16.2. The summed E-state index contributed by atoms with van der Waals surface area (Å²) in [5, 5.41) is 0. The van der Waals surface area contributed by atoms with Crippen LogP contribution in [0.2, 0.25) is 0 Å². The van der Waals surface area contributed by atoms with E-state index >= 15 is 0 Å². The second-order valence-corrected chi connectivity index (χ2v) is 8.04. The maximum Gasteiger partial charge on any atom is 0.150 e. The first-order valence-electron chi connectivity index (χ1n) is 7.71. The average Bonchev–Trinajstić information content (AvgIpc) is 2.96. The summed E-state index contributed by atoms with van der Waals surface area (Å²) in [7, 11) is -2.93. The smallest absolute Gasteiger partial charge is 0.150 e. The number of ether oxygens (including phenoxy) is 1. The van der Waals surface area contributed by atoms with Gasteiger partial charge in [0.15, 0.2) is 9.84 Å². The molecule has 21 heavy (non-hydrogen) atoms. The maximum absolute atomic E-state index is 12.0. The summed E-state index contributed by atoms with van der Waals surface area (Å²) in [6, 6.07) is 7.59. The molecule has 1 aromatic carbocycles. The lowest BCUT2D eigenvalue weighted by molar-refractivity contribution is 0.317. The minimum absolute atomic E-state index is 0.227. The highest BCUT2D eigenvalue weighted by molar-refractivity contribution is 7.91. The third-order valence-electron chi connectivity index (χ3n) is 3.99. The Kier molecular flexibility index (Phi) is 6.06. The molecule has 1 fully saturated rings. The fourth-order valence-electron chi connectivity index (χ4n) is 2.81. The molecule has 0 heterocycles. The fraction of sp³-hybridized carbons (Fsp3) is 0.625. The highest BCUT2D eigenvalue weighted by atomic mass is 32.2. The highest BCUT2D eigenvalue weighted by Crippen LogP contribution is 2.26. The SMILES string of the molecule is NCc1ccc(OCCCS(=O)(=O)CC2CCCC2)cc1. The molecule has 2 rings (SSSR count). The van der Waals surface area contributed by atoms with Gasteiger partial charge in [0.2, 0.25) is 0 Å². The predicted molar refractivity (Wildman–Crippen MR) is 85.1 cm³/mol. The van der Waals surface area contributed by atoms with E-state index in [0.29, 0.717) is 31.2 Å². The Hall–Kier alpha value is -1.07. The van der Waals surface area contributed by atoms with Crippen molar-refractivity contribution in [1.82, 2.24) is 0 Å². The monoisotopic (exact) mass is 311 g/mol. The number of rotatable bonds is 8. The average molecular weight is 311 g/mol. The maximum atomic E-state index is 12.0. The molecule has 1 aliphatic rings. The van der Waals surface area contributed by atoms with E-state index in [1.54, 1.807) is 0 Å². The van der Waals surface area contributed by atoms with E-state index in [1.165, 1.54) is 12.8 Å². The lowest BCUT2D eigenvalue weighted by atomic mass is 10.1. The van der Waals surface area contributed by atoms with Crippen LogP contribution in [0.4, 0.5) is 0 Å². The molecule has 1 saturated carbocycles. The summed E-state index contributed by atoms with van der Waals surface area (Å²) in [5.41, 5.74) is 6.59. The van der Waals surface area contributed by atoms with E-state index in [9.17, 15) is 8.42 Å². The standard InChI is InChI=1S/C16H25NO3S/c17-12-14-6-8-16(9-7-14)20-10-3-11-21(18,19)13-15-4-1-2-5-15/h6-9,15H,1-5,10-13,17H2. The van der Waals surface area contributed by atoms with Gasteiger partial charge in [0, 0.05) is 6.54 Å². The van der Waals surface area contributed by atoms with E-state index < -0.39 is 9.84 Å². The van der Waals surface area contributed by atoms with Crippen LogP contribution in [0.25, 0.3) is 0 Å². The number of hydrogen-bond acceptors (Lipinski definition) is 4. The number of benzene rings is 1. The van der Waals surface area contributed by atoms with Gasteiger partial charge in [-0.05, 0) is 42.9 Å². The van der Waals surface area contributed by atoms with Gasteiger partial charge >= 0.3 is 0 Å². The van der Waals surface area contributed by atoms with Crippen molar-refractivity contribution in [3.8, 4) is 5.75 Å². The largest absolute Gasteiger partial charge is 0.494 e. The third kappa shape index (κ3) is 5.67. The van der Waals surface area contributed by atoms with Gasteiger partial charge in [-0.2, -0.15) is 0 Å². The van der Waals surface area contributed by atoms with Gasteiger partial charge in [0.25, 0.3) is 0 Å². The lowest BCUT2D eigenvalue weighted by Gasteiger charge is -2.10. The molecule has 0 spiro atoms. The van der Waals surface area contributed by atoms with Gasteiger partial charge in [-0.3, -0.25) is 0 Å². The summed E-state index contributed by atoms with van der Waals surface area (Å²) in [4.78, 5) is 0. The molecule has 5 heteroatoms. The summed E-state index contributed by atoms with van der Waals surface area (Å²) < 4.78 is 29.6. The van der Waals surface area contributed by atoms with Crippen LogP contribution in [0.1, 0.15) is 37.7 Å². The minimum Gasteiger partial charge on any atom is -0.494 e. The van der Waals surface area contributed by atoms with Crippen molar-refractivity contribution in [1.29, 1.82) is 0 Å². The van der Waals surface area contributed by atoms with Gasteiger partial charge in [-0.1, -0.05) is 25.0 Å². The predicted octanol–water partition coefficient (Wildman–Crippen LogP) is 2.52. The Morgan fingerprint density at radius 1 is 1.14 bits per heavy atom. The summed E-state index contributed by atoms with van der Waals surface area (Å²) >= 11 is 0. The minimum atomic E-state index is -2.93. The Labute approximate surface area is 127 Å². The van der Waals surface area contributed by atoms with Gasteiger partial charge in [0.05, 0.1) is 18.1 Å². The topological polar surface area (TPSA) is 69.4 Å². The summed E-state index contributed by atoms with van der Waals surface area (Å²) in [6.07, 6.45) is 5.06. The van der Waals surface area contributed by atoms with Crippen LogP contribution in [0.3, 0.4) is 0 Å². The zero-order valence-corrected chi connectivity index (χ0v) is 13.3. The first-order valence-corrected chi connectivity index (χ1v) is 9.53. The second-order valence-electron chi connectivity index (χ2n) is 5.81. The van der Waals surface area contributed by atoms with Crippen LogP contribution >= 0.6 is 0 Å². The van der Waals surface area contributed by atoms with Gasteiger partial charge in [-0.25, -0.2) is 8.42 Å². The summed E-state index contributed by atoms with van der Waals surface area (Å²) in [5.74, 6) is 1.74. The number of sulfone groups is 1. The van der Waals surface area contributed by atoms with E-state index in [0.717, 1.165) is 24.2 Å². The van der Waals surface area contributed by atoms with Crippen molar-refractivity contribution in [3.05, 3.63) is 29.8 Å². The van der Waals surface area contributed by atoms with Gasteiger partial charge < -0.3 is 10.5 Å². The molecule has 1 aromatic rings. The van der Waals surface area contributed by atoms with Crippen LogP contribution in [0.5, 0.6) is 5.75 Å². The molecule has 0 radical (unpaired) electrons. The molecule has 2 N–H and O–H groups in total. The third-order valence-corrected chi connectivity index (χ3v) is 5.88. The van der Waals surface area contributed by atoms with Crippen LogP contribution in [0.15, 0.2) is 24.3 Å². The van der Waals surface area contributed by atoms with Crippen molar-refractivity contribution in [2.24, 2.45) is 11.7 Å². The molecule has 0 bridgehead atoms. The number of nitrogens with two attached hydrogens (primary N) is 1. The van der Waals surface area contributed by atoms with Crippen molar-refractivity contribution < 1.29 is 13.2 Å². The highest BCUT2D eigenvalue weighted by Gasteiger charge is 2.22. The van der Waals surface area contributed by atoms with Crippen LogP contribution < -0.4 is 10.5 Å². The van der Waals surface area contributed by atoms with Gasteiger partial charge in [0.1, 0.15) is 5.75 Å². The van der Waals surface area contributed by atoms with E-state index in [1.807, 2.05) is 24.3 Å². The molecule has 0 saturated heterocycles. The second kappa shape index (κ2) is 7.80. The number of hydrogen-bond donors (Lipinski definition) is 1. The first kappa shape index (κ1) is 16.3. The summed E-state index contributed by atoms with van der Waals surface area (Å²) in [6.45, 7) is 0.950. The molecule has 0 aliphatic heterocycles. The molecule has 0 aromatic heterocycles. The Morgan fingerprint density at radius 2 is 1.81 bits per heavy atom. The van der Waals surface area contributed by atoms with E-state index in [2.05, 4.69) is 0 Å². The molecular weight excluding hydrogens is 286 g/mol. The first-order chi connectivity index (χ1) is 10.1. The van der Waals surface area contributed by atoms with Crippen molar-refractivity contribution >= 4 is 9.84 Å². The quantitative estimate of drug-likeness (QED) is 0.749. The van der Waals surface area contributed by atoms with Crippen molar-refractivity contribution in [2.45, 2.75) is 38.6 Å².